The molecule has 1 aromatic heterocycles. The van der Waals surface area contributed by atoms with E-state index in [9.17, 15) is 9.18 Å². The normalized spacial score (nSPS) is 13.5. The topological polar surface area (TPSA) is 82.2 Å². The summed E-state index contributed by atoms with van der Waals surface area (Å²) in [5.74, 6) is 0.948. The molecule has 1 aliphatic heterocycles. The third-order valence-corrected chi connectivity index (χ3v) is 4.43. The molecule has 0 atom stereocenters. The number of nitrogens with one attached hydrogen (secondary N) is 3. The van der Waals surface area contributed by atoms with Crippen molar-refractivity contribution in [3.8, 4) is 0 Å². The number of urea groups is 1. The van der Waals surface area contributed by atoms with E-state index in [4.69, 9.17) is 11.6 Å². The van der Waals surface area contributed by atoms with Crippen LogP contribution >= 0.6 is 11.6 Å². The molecule has 2 heterocycles. The van der Waals surface area contributed by atoms with E-state index in [-0.39, 0.29) is 5.02 Å². The summed E-state index contributed by atoms with van der Waals surface area (Å²) in [5, 5.41) is 8.38. The summed E-state index contributed by atoms with van der Waals surface area (Å²) in [7, 11) is 0. The van der Waals surface area contributed by atoms with Gasteiger partial charge in [-0.15, -0.1) is 0 Å². The van der Waals surface area contributed by atoms with Gasteiger partial charge in [-0.05, 0) is 38.0 Å². The highest BCUT2D eigenvalue weighted by Gasteiger charge is 2.15. The quantitative estimate of drug-likeness (QED) is 0.656. The van der Waals surface area contributed by atoms with Gasteiger partial charge in [-0.3, -0.25) is 0 Å². The number of carbonyl (C=O) groups is 1. The summed E-state index contributed by atoms with van der Waals surface area (Å²) in [4.78, 5) is 23.1. The second kappa shape index (κ2) is 8.85. The number of aryl methyl sites for hydroxylation is 1. The lowest BCUT2D eigenvalue weighted by Gasteiger charge is -2.17. The Kier molecular flexibility index (Phi) is 6.28. The summed E-state index contributed by atoms with van der Waals surface area (Å²) < 4.78 is 13.1. The van der Waals surface area contributed by atoms with Crippen molar-refractivity contribution in [3.63, 3.8) is 0 Å². The largest absolute Gasteiger partial charge is 0.356 e. The number of hydrogen-bond acceptors (Lipinski definition) is 5. The molecule has 2 amide bonds. The molecule has 144 valence electrons. The van der Waals surface area contributed by atoms with Gasteiger partial charge in [-0.25, -0.2) is 14.2 Å². The fourth-order valence-corrected chi connectivity index (χ4v) is 3.02. The molecular formula is C18H22ClFN6O. The maximum Gasteiger partial charge on any atom is 0.319 e. The van der Waals surface area contributed by atoms with E-state index in [1.807, 2.05) is 13.0 Å². The molecular weight excluding hydrogens is 371 g/mol. The van der Waals surface area contributed by atoms with Crippen LogP contribution in [0.2, 0.25) is 5.02 Å². The zero-order valence-electron chi connectivity index (χ0n) is 15.1. The van der Waals surface area contributed by atoms with Gasteiger partial charge in [0.1, 0.15) is 11.6 Å². The number of carbonyl (C=O) groups excluding carboxylic acids is 1. The van der Waals surface area contributed by atoms with Crippen LogP contribution in [0.1, 0.15) is 18.5 Å². The Balaban J connectivity index is 1.45. The van der Waals surface area contributed by atoms with E-state index in [2.05, 4.69) is 30.8 Å². The highest BCUT2D eigenvalue weighted by molar-refractivity contribution is 6.31. The molecule has 9 heteroatoms. The molecule has 0 radical (unpaired) electrons. The van der Waals surface area contributed by atoms with Gasteiger partial charge >= 0.3 is 6.03 Å². The van der Waals surface area contributed by atoms with Crippen molar-refractivity contribution < 1.29 is 9.18 Å². The number of anilines is 3. The summed E-state index contributed by atoms with van der Waals surface area (Å²) in [6.45, 7) is 4.82. The highest BCUT2D eigenvalue weighted by Crippen LogP contribution is 2.20. The zero-order chi connectivity index (χ0) is 19.2. The Hall–Kier alpha value is -2.61. The van der Waals surface area contributed by atoms with Crippen LogP contribution in [-0.2, 0) is 0 Å². The molecule has 2 aromatic rings. The smallest absolute Gasteiger partial charge is 0.319 e. The van der Waals surface area contributed by atoms with Crippen molar-refractivity contribution in [3.05, 3.63) is 40.8 Å². The molecule has 1 saturated heterocycles. The molecule has 3 N–H and O–H groups in total. The van der Waals surface area contributed by atoms with Crippen molar-refractivity contribution in [1.82, 2.24) is 15.3 Å². The Morgan fingerprint density at radius 2 is 2.00 bits per heavy atom. The van der Waals surface area contributed by atoms with E-state index in [1.54, 1.807) is 0 Å². The van der Waals surface area contributed by atoms with Crippen molar-refractivity contribution in [2.24, 2.45) is 0 Å². The predicted molar refractivity (Wildman–Crippen MR) is 105 cm³/mol. The van der Waals surface area contributed by atoms with Gasteiger partial charge in [0.25, 0.3) is 0 Å². The van der Waals surface area contributed by atoms with E-state index in [0.29, 0.717) is 24.7 Å². The molecule has 0 spiro atoms. The van der Waals surface area contributed by atoms with Crippen LogP contribution < -0.4 is 20.9 Å². The van der Waals surface area contributed by atoms with Gasteiger partial charge in [0.2, 0.25) is 5.95 Å². The first-order chi connectivity index (χ1) is 13.0. The molecule has 1 fully saturated rings. The number of aromatic nitrogens is 2. The molecule has 3 rings (SSSR count). The summed E-state index contributed by atoms with van der Waals surface area (Å²) >= 11 is 5.69. The van der Waals surface area contributed by atoms with E-state index in [1.165, 1.54) is 31.0 Å². The van der Waals surface area contributed by atoms with Crippen LogP contribution in [-0.4, -0.2) is 42.2 Å². The van der Waals surface area contributed by atoms with E-state index >= 15 is 0 Å². The molecule has 0 aliphatic carbocycles. The molecule has 0 bridgehead atoms. The maximum absolute atomic E-state index is 13.1. The van der Waals surface area contributed by atoms with E-state index in [0.717, 1.165) is 24.6 Å². The minimum Gasteiger partial charge on any atom is -0.356 e. The number of amides is 2. The molecule has 0 saturated carbocycles. The number of rotatable bonds is 6. The number of nitrogens with zero attached hydrogens (tertiary/aromatic N) is 3. The first kappa shape index (κ1) is 19.2. The van der Waals surface area contributed by atoms with Crippen LogP contribution in [0, 0.1) is 12.7 Å². The second-order valence-electron chi connectivity index (χ2n) is 6.32. The first-order valence-electron chi connectivity index (χ1n) is 8.86. The number of halogens is 2. The van der Waals surface area contributed by atoms with Crippen molar-refractivity contribution in [1.29, 1.82) is 0 Å². The van der Waals surface area contributed by atoms with Crippen LogP contribution in [0.15, 0.2) is 24.3 Å². The Morgan fingerprint density at radius 1 is 1.22 bits per heavy atom. The average Bonchev–Trinajstić information content (AvgIpc) is 3.16. The minimum atomic E-state index is -0.529. The van der Waals surface area contributed by atoms with Gasteiger partial charge in [0.05, 0.1) is 5.02 Å². The molecule has 7 nitrogen and oxygen atoms in total. The Labute approximate surface area is 162 Å². The van der Waals surface area contributed by atoms with Crippen molar-refractivity contribution >= 4 is 35.1 Å². The monoisotopic (exact) mass is 392 g/mol. The van der Waals surface area contributed by atoms with Gasteiger partial charge < -0.3 is 20.9 Å². The van der Waals surface area contributed by atoms with Gasteiger partial charge in [-0.2, -0.15) is 4.98 Å². The summed E-state index contributed by atoms with van der Waals surface area (Å²) in [5.41, 5.74) is 1.32. The SMILES string of the molecule is Cc1cc(N2CCCC2)nc(NCCNC(=O)Nc2ccc(F)c(Cl)c2)n1. The fourth-order valence-electron chi connectivity index (χ4n) is 2.84. The average molecular weight is 393 g/mol. The maximum atomic E-state index is 13.1. The third-order valence-electron chi connectivity index (χ3n) is 4.14. The molecule has 27 heavy (non-hydrogen) atoms. The minimum absolute atomic E-state index is 0.0418. The van der Waals surface area contributed by atoms with Crippen LogP contribution in [0.5, 0.6) is 0 Å². The lowest BCUT2D eigenvalue weighted by Crippen LogP contribution is -2.33. The molecule has 0 unspecified atom stereocenters. The van der Waals surface area contributed by atoms with Crippen LogP contribution in [0.25, 0.3) is 0 Å². The zero-order valence-corrected chi connectivity index (χ0v) is 15.8. The first-order valence-corrected chi connectivity index (χ1v) is 9.23. The van der Waals surface area contributed by atoms with Gasteiger partial charge in [0.15, 0.2) is 0 Å². The number of benzene rings is 1. The summed E-state index contributed by atoms with van der Waals surface area (Å²) in [6.07, 6.45) is 2.37. The second-order valence-corrected chi connectivity index (χ2v) is 6.73. The number of hydrogen-bond donors (Lipinski definition) is 3. The Morgan fingerprint density at radius 3 is 2.74 bits per heavy atom. The van der Waals surface area contributed by atoms with E-state index < -0.39 is 11.8 Å². The van der Waals surface area contributed by atoms with Gasteiger partial charge in [-0.1, -0.05) is 11.6 Å². The lowest BCUT2D eigenvalue weighted by molar-refractivity contribution is 0.252. The predicted octanol–water partition coefficient (Wildman–Crippen LogP) is 3.41. The van der Waals surface area contributed by atoms with Crippen LogP contribution in [0.4, 0.5) is 26.6 Å². The molecule has 1 aliphatic rings. The van der Waals surface area contributed by atoms with Gasteiger partial charge in [0, 0.05) is 43.6 Å². The highest BCUT2D eigenvalue weighted by atomic mass is 35.5. The summed E-state index contributed by atoms with van der Waals surface area (Å²) in [6, 6.07) is 5.58. The lowest BCUT2D eigenvalue weighted by atomic mass is 10.3. The van der Waals surface area contributed by atoms with Crippen LogP contribution in [0.3, 0.4) is 0 Å². The van der Waals surface area contributed by atoms with Crippen molar-refractivity contribution in [2.75, 3.05) is 41.7 Å². The third kappa shape index (κ3) is 5.43. The standard InChI is InChI=1S/C18H22ClFN6O/c1-12-10-16(26-8-2-3-9-26)25-17(23-12)21-6-7-22-18(27)24-13-4-5-15(20)14(19)11-13/h4-5,10-11H,2-3,6-9H2,1H3,(H,21,23,25)(H2,22,24,27). The fraction of sp³-hybridized carbons (Fsp3) is 0.389. The molecule has 1 aromatic carbocycles. The Bertz CT molecular complexity index is 812. The van der Waals surface area contributed by atoms with Crippen molar-refractivity contribution in [2.45, 2.75) is 19.8 Å².